The zero-order chi connectivity index (χ0) is 28.9. The lowest BCUT2D eigenvalue weighted by molar-refractivity contribution is 0.131. The number of nitrogens with one attached hydrogen (secondary N) is 1. The molecule has 0 heterocycles. The molecule has 0 aromatic carbocycles. The standard InChI is InChI=1S/C38H75NO/c1-3-5-7-9-11-13-15-17-19-21-23-25-27-29-31-33-35-39-36-38-40-37-34-32-30-28-26-24-22-20-18-16-14-12-10-8-6-4-2/h17-20,39H,3-16,21-38H2,1-2H3/b19-17?,20-18-. The van der Waals surface area contributed by atoms with Crippen LogP contribution in [0.1, 0.15) is 194 Å². The molecule has 0 atom stereocenters. The Kier molecular flexibility index (Phi) is 37.8. The first-order valence-electron chi connectivity index (χ1n) is 18.5. The summed E-state index contributed by atoms with van der Waals surface area (Å²) in [6.45, 7) is 8.56. The van der Waals surface area contributed by atoms with Crippen molar-refractivity contribution in [2.45, 2.75) is 194 Å². The predicted octanol–water partition coefficient (Wildman–Crippen LogP) is 12.7. The van der Waals surface area contributed by atoms with Gasteiger partial charge in [-0.25, -0.2) is 0 Å². The molecular formula is C38H75NO. The Morgan fingerprint density at radius 2 is 0.700 bits per heavy atom. The third kappa shape index (κ3) is 37.4. The lowest BCUT2D eigenvalue weighted by Crippen LogP contribution is -2.21. The molecule has 40 heavy (non-hydrogen) atoms. The van der Waals surface area contributed by atoms with Gasteiger partial charge in [-0.2, -0.15) is 0 Å². The van der Waals surface area contributed by atoms with E-state index in [0.717, 1.165) is 26.3 Å². The molecule has 1 N–H and O–H groups in total. The molecule has 0 aliphatic heterocycles. The Morgan fingerprint density at radius 1 is 0.350 bits per heavy atom. The van der Waals surface area contributed by atoms with Gasteiger partial charge in [-0.15, -0.1) is 0 Å². The van der Waals surface area contributed by atoms with Crippen molar-refractivity contribution in [1.29, 1.82) is 0 Å². The number of unbranched alkanes of at least 4 members (excludes halogenated alkanes) is 24. The Hall–Kier alpha value is -0.600. The summed E-state index contributed by atoms with van der Waals surface area (Å²) in [6, 6.07) is 0. The van der Waals surface area contributed by atoms with Crippen molar-refractivity contribution in [3.8, 4) is 0 Å². The molecule has 0 rings (SSSR count). The average molecular weight is 562 g/mol. The van der Waals surface area contributed by atoms with Crippen LogP contribution in [0, 0.1) is 0 Å². The van der Waals surface area contributed by atoms with E-state index in [2.05, 4.69) is 43.5 Å². The summed E-state index contributed by atoms with van der Waals surface area (Å²) in [5.74, 6) is 0. The smallest absolute Gasteiger partial charge is 0.0590 e. The molecule has 0 saturated heterocycles. The van der Waals surface area contributed by atoms with Crippen LogP contribution in [0.15, 0.2) is 24.3 Å². The summed E-state index contributed by atoms with van der Waals surface area (Å²) in [5.41, 5.74) is 0. The maximum Gasteiger partial charge on any atom is 0.0590 e. The van der Waals surface area contributed by atoms with Crippen molar-refractivity contribution in [2.75, 3.05) is 26.3 Å². The van der Waals surface area contributed by atoms with Gasteiger partial charge in [-0.1, -0.05) is 154 Å². The van der Waals surface area contributed by atoms with Crippen LogP contribution in [0.25, 0.3) is 0 Å². The molecule has 0 fully saturated rings. The minimum absolute atomic E-state index is 0.872. The summed E-state index contributed by atoms with van der Waals surface area (Å²) in [5, 5.41) is 3.55. The molecule has 0 spiro atoms. The highest BCUT2D eigenvalue weighted by Crippen LogP contribution is 2.11. The molecule has 0 aliphatic carbocycles. The van der Waals surface area contributed by atoms with Gasteiger partial charge >= 0.3 is 0 Å². The van der Waals surface area contributed by atoms with Gasteiger partial charge in [-0.3, -0.25) is 0 Å². The first-order valence-corrected chi connectivity index (χ1v) is 18.5. The van der Waals surface area contributed by atoms with E-state index in [1.807, 2.05) is 0 Å². The Bertz CT molecular complexity index is 442. The normalized spacial score (nSPS) is 11.9. The van der Waals surface area contributed by atoms with Crippen molar-refractivity contribution in [3.63, 3.8) is 0 Å². The molecule has 2 nitrogen and oxygen atoms in total. The van der Waals surface area contributed by atoms with Crippen molar-refractivity contribution >= 4 is 0 Å². The van der Waals surface area contributed by atoms with Gasteiger partial charge in [0.2, 0.25) is 0 Å². The van der Waals surface area contributed by atoms with E-state index in [1.165, 1.54) is 180 Å². The van der Waals surface area contributed by atoms with E-state index >= 15 is 0 Å². The first-order chi connectivity index (χ1) is 19.9. The number of ether oxygens (including phenoxy) is 1. The molecule has 0 aromatic heterocycles. The Labute approximate surface area is 254 Å². The largest absolute Gasteiger partial charge is 0.380 e. The van der Waals surface area contributed by atoms with Gasteiger partial charge in [0.25, 0.3) is 0 Å². The molecule has 0 amide bonds. The maximum atomic E-state index is 5.81. The quantitative estimate of drug-likeness (QED) is 0.0613. The van der Waals surface area contributed by atoms with Crippen molar-refractivity contribution in [1.82, 2.24) is 5.32 Å². The highest BCUT2D eigenvalue weighted by Gasteiger charge is 1.95. The van der Waals surface area contributed by atoms with Crippen molar-refractivity contribution in [2.24, 2.45) is 0 Å². The van der Waals surface area contributed by atoms with Crippen LogP contribution in [-0.4, -0.2) is 26.3 Å². The van der Waals surface area contributed by atoms with Crippen LogP contribution in [0.2, 0.25) is 0 Å². The van der Waals surface area contributed by atoms with Crippen LogP contribution >= 0.6 is 0 Å². The van der Waals surface area contributed by atoms with Crippen LogP contribution in [0.4, 0.5) is 0 Å². The highest BCUT2D eigenvalue weighted by molar-refractivity contribution is 4.82. The summed E-state index contributed by atoms with van der Waals surface area (Å²) in [6.07, 6.45) is 48.1. The fourth-order valence-corrected chi connectivity index (χ4v) is 5.32. The number of hydrogen-bond acceptors (Lipinski definition) is 2. The lowest BCUT2D eigenvalue weighted by Gasteiger charge is -2.06. The molecular weight excluding hydrogens is 486 g/mol. The number of hydrogen-bond donors (Lipinski definition) is 1. The minimum atomic E-state index is 0.872. The van der Waals surface area contributed by atoms with E-state index in [4.69, 9.17) is 4.74 Å². The summed E-state index contributed by atoms with van der Waals surface area (Å²) >= 11 is 0. The first kappa shape index (κ1) is 39.4. The SMILES string of the molecule is CCCCCCCCC=CCCCCCCCCNCCOCCCCCCCC/C=C\CCCCCCCC. The van der Waals surface area contributed by atoms with E-state index in [-0.39, 0.29) is 0 Å². The van der Waals surface area contributed by atoms with E-state index in [0.29, 0.717) is 0 Å². The third-order valence-electron chi connectivity index (χ3n) is 8.09. The van der Waals surface area contributed by atoms with E-state index < -0.39 is 0 Å². The van der Waals surface area contributed by atoms with Crippen LogP contribution in [0.5, 0.6) is 0 Å². The van der Waals surface area contributed by atoms with Crippen molar-refractivity contribution in [3.05, 3.63) is 24.3 Å². The number of rotatable bonds is 35. The molecule has 2 heteroatoms. The molecule has 0 aliphatic rings. The van der Waals surface area contributed by atoms with Crippen LogP contribution in [-0.2, 0) is 4.74 Å². The van der Waals surface area contributed by atoms with Crippen LogP contribution in [0.3, 0.4) is 0 Å². The van der Waals surface area contributed by atoms with Gasteiger partial charge in [0.1, 0.15) is 0 Å². The predicted molar refractivity (Wildman–Crippen MR) is 183 cm³/mol. The average Bonchev–Trinajstić information content (AvgIpc) is 2.97. The van der Waals surface area contributed by atoms with E-state index in [1.54, 1.807) is 0 Å². The monoisotopic (exact) mass is 562 g/mol. The second-order valence-electron chi connectivity index (χ2n) is 12.2. The second-order valence-corrected chi connectivity index (χ2v) is 12.2. The Morgan fingerprint density at radius 3 is 1.12 bits per heavy atom. The van der Waals surface area contributed by atoms with Gasteiger partial charge in [0, 0.05) is 13.2 Å². The maximum absolute atomic E-state index is 5.81. The molecule has 0 bridgehead atoms. The lowest BCUT2D eigenvalue weighted by atomic mass is 10.1. The second kappa shape index (κ2) is 38.4. The van der Waals surface area contributed by atoms with Crippen molar-refractivity contribution < 1.29 is 4.74 Å². The van der Waals surface area contributed by atoms with Gasteiger partial charge in [-0.05, 0) is 70.8 Å². The molecule has 0 saturated carbocycles. The fraction of sp³-hybridized carbons (Fsp3) is 0.895. The molecule has 0 radical (unpaired) electrons. The zero-order valence-corrected chi connectivity index (χ0v) is 27.8. The summed E-state index contributed by atoms with van der Waals surface area (Å²) in [7, 11) is 0. The van der Waals surface area contributed by atoms with E-state index in [9.17, 15) is 0 Å². The molecule has 0 unspecified atom stereocenters. The third-order valence-corrected chi connectivity index (χ3v) is 8.09. The minimum Gasteiger partial charge on any atom is -0.380 e. The highest BCUT2D eigenvalue weighted by atomic mass is 16.5. The molecule has 238 valence electrons. The fourth-order valence-electron chi connectivity index (χ4n) is 5.32. The van der Waals surface area contributed by atoms with Gasteiger partial charge < -0.3 is 10.1 Å². The van der Waals surface area contributed by atoms with Gasteiger partial charge in [0.05, 0.1) is 6.61 Å². The topological polar surface area (TPSA) is 21.3 Å². The zero-order valence-electron chi connectivity index (χ0n) is 27.8. The Balaban J connectivity index is 3.09. The summed E-state index contributed by atoms with van der Waals surface area (Å²) in [4.78, 5) is 0. The van der Waals surface area contributed by atoms with Gasteiger partial charge in [0.15, 0.2) is 0 Å². The molecule has 0 aromatic rings. The summed E-state index contributed by atoms with van der Waals surface area (Å²) < 4.78 is 5.81. The number of allylic oxidation sites excluding steroid dienone is 4. The van der Waals surface area contributed by atoms with Crippen LogP contribution < -0.4 is 5.32 Å².